The number of nitrogens with zero attached hydrogens (tertiary/aromatic N) is 2. The Hall–Kier alpha value is -3.38. The summed E-state index contributed by atoms with van der Waals surface area (Å²) in [6.07, 6.45) is 0. The van der Waals surface area contributed by atoms with Gasteiger partial charge in [0.05, 0.1) is 21.8 Å². The summed E-state index contributed by atoms with van der Waals surface area (Å²) in [5.74, 6) is -0.146. The van der Waals surface area contributed by atoms with Crippen molar-refractivity contribution in [3.63, 3.8) is 0 Å². The molecule has 4 aromatic rings. The van der Waals surface area contributed by atoms with Crippen LogP contribution in [0.1, 0.15) is 12.5 Å². The van der Waals surface area contributed by atoms with Crippen molar-refractivity contribution < 1.29 is 4.79 Å². The Labute approximate surface area is 178 Å². The predicted molar refractivity (Wildman–Crippen MR) is 122 cm³/mol. The Kier molecular flexibility index (Phi) is 5.68. The molecule has 0 bridgehead atoms. The van der Waals surface area contributed by atoms with Gasteiger partial charge in [-0.1, -0.05) is 54.2 Å². The number of rotatable bonds is 5. The molecular weight excluding hydrogens is 394 g/mol. The Morgan fingerprint density at radius 2 is 1.73 bits per heavy atom. The molecule has 30 heavy (non-hydrogen) atoms. The molecule has 1 unspecified atom stereocenters. The molecule has 0 aliphatic carbocycles. The van der Waals surface area contributed by atoms with Crippen LogP contribution in [0.2, 0.25) is 0 Å². The Bertz CT molecular complexity index is 1270. The smallest absolute Gasteiger partial charge is 0.266 e. The number of fused-ring (bicyclic) bond motifs is 1. The molecule has 0 radical (unpaired) electrons. The van der Waals surface area contributed by atoms with E-state index in [1.54, 1.807) is 10.6 Å². The van der Waals surface area contributed by atoms with E-state index in [9.17, 15) is 9.59 Å². The van der Waals surface area contributed by atoms with Crippen LogP contribution in [0.3, 0.4) is 0 Å². The van der Waals surface area contributed by atoms with E-state index < -0.39 is 5.25 Å². The van der Waals surface area contributed by atoms with Crippen LogP contribution in [0.5, 0.6) is 0 Å². The number of nitrogens with one attached hydrogen (secondary N) is 1. The van der Waals surface area contributed by atoms with E-state index in [-0.39, 0.29) is 11.5 Å². The van der Waals surface area contributed by atoms with Crippen molar-refractivity contribution in [2.45, 2.75) is 24.3 Å². The van der Waals surface area contributed by atoms with Gasteiger partial charge in [0.15, 0.2) is 5.16 Å². The summed E-state index contributed by atoms with van der Waals surface area (Å²) < 4.78 is 1.57. The summed E-state index contributed by atoms with van der Waals surface area (Å²) in [4.78, 5) is 30.7. The van der Waals surface area contributed by atoms with Crippen LogP contribution in [-0.4, -0.2) is 20.7 Å². The topological polar surface area (TPSA) is 64.0 Å². The molecule has 1 amide bonds. The van der Waals surface area contributed by atoms with Gasteiger partial charge in [-0.25, -0.2) is 4.98 Å². The summed E-state index contributed by atoms with van der Waals surface area (Å²) in [7, 11) is 0. The number of aryl methyl sites for hydroxylation is 1. The van der Waals surface area contributed by atoms with Crippen molar-refractivity contribution in [1.29, 1.82) is 0 Å². The minimum atomic E-state index is -0.450. The number of hydrogen-bond acceptors (Lipinski definition) is 4. The number of amides is 1. The molecule has 0 aliphatic heterocycles. The second kappa shape index (κ2) is 8.55. The summed E-state index contributed by atoms with van der Waals surface area (Å²) in [6.45, 7) is 3.79. The van der Waals surface area contributed by atoms with Gasteiger partial charge in [-0.15, -0.1) is 0 Å². The lowest BCUT2D eigenvalue weighted by atomic mass is 10.2. The lowest BCUT2D eigenvalue weighted by Gasteiger charge is -2.16. The fraction of sp³-hybridized carbons (Fsp3) is 0.125. The summed E-state index contributed by atoms with van der Waals surface area (Å²) >= 11 is 1.27. The highest BCUT2D eigenvalue weighted by atomic mass is 32.2. The number of para-hydroxylation sites is 2. The molecule has 0 saturated carbocycles. The average molecular weight is 416 g/mol. The zero-order valence-electron chi connectivity index (χ0n) is 16.7. The minimum absolute atomic E-state index is 0.146. The number of carbonyl (C=O) groups is 1. The molecule has 6 heteroatoms. The van der Waals surface area contributed by atoms with Gasteiger partial charge >= 0.3 is 0 Å². The van der Waals surface area contributed by atoms with Crippen LogP contribution >= 0.6 is 11.8 Å². The molecule has 3 aromatic carbocycles. The number of hydrogen-bond donors (Lipinski definition) is 1. The molecule has 0 aliphatic rings. The highest BCUT2D eigenvalue weighted by molar-refractivity contribution is 8.00. The lowest BCUT2D eigenvalue weighted by Crippen LogP contribution is -2.26. The van der Waals surface area contributed by atoms with Crippen LogP contribution in [0.25, 0.3) is 16.6 Å². The third-order valence-corrected chi connectivity index (χ3v) is 5.75. The van der Waals surface area contributed by atoms with E-state index in [0.29, 0.717) is 16.1 Å². The van der Waals surface area contributed by atoms with E-state index >= 15 is 0 Å². The number of aromatic nitrogens is 2. The first-order chi connectivity index (χ1) is 14.5. The van der Waals surface area contributed by atoms with Crippen molar-refractivity contribution in [1.82, 2.24) is 9.55 Å². The zero-order valence-corrected chi connectivity index (χ0v) is 17.5. The maximum absolute atomic E-state index is 13.2. The third kappa shape index (κ3) is 4.14. The maximum atomic E-state index is 13.2. The molecule has 0 spiro atoms. The van der Waals surface area contributed by atoms with Gasteiger partial charge in [0, 0.05) is 5.69 Å². The van der Waals surface area contributed by atoms with Gasteiger partial charge in [-0.05, 0) is 55.8 Å². The summed E-state index contributed by atoms with van der Waals surface area (Å²) in [6, 6.07) is 24.3. The van der Waals surface area contributed by atoms with Crippen LogP contribution in [0.4, 0.5) is 5.69 Å². The third-order valence-electron chi connectivity index (χ3n) is 4.70. The summed E-state index contributed by atoms with van der Waals surface area (Å²) in [5.41, 5.74) is 3.00. The average Bonchev–Trinajstić information content (AvgIpc) is 2.74. The molecular formula is C24H21N3O2S. The first-order valence-electron chi connectivity index (χ1n) is 9.64. The van der Waals surface area contributed by atoms with Gasteiger partial charge in [0.25, 0.3) is 5.56 Å². The first kappa shape index (κ1) is 19.9. The van der Waals surface area contributed by atoms with E-state index in [1.165, 1.54) is 11.8 Å². The molecule has 0 fully saturated rings. The van der Waals surface area contributed by atoms with Crippen molar-refractivity contribution in [2.75, 3.05) is 5.32 Å². The monoisotopic (exact) mass is 415 g/mol. The van der Waals surface area contributed by atoms with Crippen LogP contribution in [0, 0.1) is 6.92 Å². The fourth-order valence-corrected chi connectivity index (χ4v) is 4.10. The Morgan fingerprint density at radius 3 is 2.50 bits per heavy atom. The van der Waals surface area contributed by atoms with E-state index in [4.69, 9.17) is 4.98 Å². The number of thioether (sulfide) groups is 1. The fourth-order valence-electron chi connectivity index (χ4n) is 3.17. The van der Waals surface area contributed by atoms with Crippen molar-refractivity contribution >= 4 is 34.3 Å². The van der Waals surface area contributed by atoms with E-state index in [1.807, 2.05) is 86.6 Å². The Morgan fingerprint density at radius 1 is 1.00 bits per heavy atom. The van der Waals surface area contributed by atoms with Crippen molar-refractivity contribution in [2.24, 2.45) is 0 Å². The zero-order chi connectivity index (χ0) is 21.1. The molecule has 0 saturated heterocycles. The second-order valence-corrected chi connectivity index (χ2v) is 8.31. The highest BCUT2D eigenvalue weighted by Gasteiger charge is 2.20. The van der Waals surface area contributed by atoms with Gasteiger partial charge in [0.2, 0.25) is 5.91 Å². The Balaban J connectivity index is 1.71. The number of benzene rings is 3. The molecule has 150 valence electrons. The van der Waals surface area contributed by atoms with E-state index in [0.717, 1.165) is 16.9 Å². The number of carbonyl (C=O) groups excluding carboxylic acids is 1. The SMILES string of the molecule is Cc1cccc(NC(=O)C(C)Sc2nc3ccccc3c(=O)n2-c2ccccc2)c1. The van der Waals surface area contributed by atoms with Crippen LogP contribution in [-0.2, 0) is 4.79 Å². The summed E-state index contributed by atoms with van der Waals surface area (Å²) in [5, 5.41) is 3.52. The molecule has 1 N–H and O–H groups in total. The molecule has 1 atom stereocenters. The van der Waals surface area contributed by atoms with Gasteiger partial charge in [-0.2, -0.15) is 0 Å². The minimum Gasteiger partial charge on any atom is -0.325 e. The first-order valence-corrected chi connectivity index (χ1v) is 10.5. The van der Waals surface area contributed by atoms with Crippen molar-refractivity contribution in [3.05, 3.63) is 94.8 Å². The van der Waals surface area contributed by atoms with Gasteiger partial charge < -0.3 is 5.32 Å². The molecule has 4 rings (SSSR count). The lowest BCUT2D eigenvalue weighted by molar-refractivity contribution is -0.115. The van der Waals surface area contributed by atoms with E-state index in [2.05, 4.69) is 5.32 Å². The second-order valence-electron chi connectivity index (χ2n) is 7.01. The van der Waals surface area contributed by atoms with Crippen LogP contribution < -0.4 is 10.9 Å². The predicted octanol–water partition coefficient (Wildman–Crippen LogP) is 4.81. The van der Waals surface area contributed by atoms with Gasteiger partial charge in [-0.3, -0.25) is 14.2 Å². The normalized spacial score (nSPS) is 11.9. The maximum Gasteiger partial charge on any atom is 0.266 e. The van der Waals surface area contributed by atoms with Crippen molar-refractivity contribution in [3.8, 4) is 5.69 Å². The number of anilines is 1. The van der Waals surface area contributed by atoms with Gasteiger partial charge in [0.1, 0.15) is 0 Å². The molecule has 5 nitrogen and oxygen atoms in total. The highest BCUT2D eigenvalue weighted by Crippen LogP contribution is 2.26. The van der Waals surface area contributed by atoms with Crippen LogP contribution in [0.15, 0.2) is 88.8 Å². The quantitative estimate of drug-likeness (QED) is 0.375. The molecule has 1 aromatic heterocycles. The largest absolute Gasteiger partial charge is 0.325 e. The standard InChI is InChI=1S/C24H21N3O2S/c1-16-9-8-10-18(15-16)25-22(28)17(2)30-24-26-21-14-7-6-13-20(21)23(29)27(24)19-11-4-3-5-12-19/h3-15,17H,1-2H3,(H,25,28). The molecule has 1 heterocycles.